The Morgan fingerprint density at radius 3 is 2.30 bits per heavy atom. The van der Waals surface area contributed by atoms with Crippen molar-refractivity contribution >= 4 is 17.5 Å². The second kappa shape index (κ2) is 7.35. The molecule has 0 spiro atoms. The van der Waals surface area contributed by atoms with Crippen LogP contribution >= 0.6 is 0 Å². The average Bonchev–Trinajstić information content (AvgIpc) is 2.51. The molecule has 5 nitrogen and oxygen atoms in total. The highest BCUT2D eigenvalue weighted by Crippen LogP contribution is 2.14. The SMILES string of the molecule is C=CCNC(=O)c1cccc(C(=O)Nc2cc(C)cc(C)c2)n1. The highest BCUT2D eigenvalue weighted by Gasteiger charge is 2.12. The van der Waals surface area contributed by atoms with Crippen LogP contribution < -0.4 is 10.6 Å². The molecule has 0 aliphatic heterocycles. The van der Waals surface area contributed by atoms with Crippen LogP contribution in [0.1, 0.15) is 32.1 Å². The van der Waals surface area contributed by atoms with Gasteiger partial charge in [0.1, 0.15) is 11.4 Å². The topological polar surface area (TPSA) is 71.1 Å². The zero-order valence-electron chi connectivity index (χ0n) is 13.2. The molecule has 2 N–H and O–H groups in total. The number of benzene rings is 1. The van der Waals surface area contributed by atoms with E-state index in [1.165, 1.54) is 0 Å². The van der Waals surface area contributed by atoms with Gasteiger partial charge in [0.2, 0.25) is 0 Å². The Bertz CT molecular complexity index is 733. The van der Waals surface area contributed by atoms with Gasteiger partial charge in [-0.05, 0) is 49.2 Å². The van der Waals surface area contributed by atoms with E-state index >= 15 is 0 Å². The molecule has 5 heteroatoms. The normalized spacial score (nSPS) is 10.0. The Morgan fingerprint density at radius 1 is 1.09 bits per heavy atom. The lowest BCUT2D eigenvalue weighted by molar-refractivity contribution is 0.0953. The number of anilines is 1. The van der Waals surface area contributed by atoms with Crippen molar-refractivity contribution in [3.8, 4) is 0 Å². The van der Waals surface area contributed by atoms with Crippen molar-refractivity contribution in [2.45, 2.75) is 13.8 Å². The van der Waals surface area contributed by atoms with E-state index in [1.54, 1.807) is 24.3 Å². The number of rotatable bonds is 5. The molecule has 23 heavy (non-hydrogen) atoms. The Morgan fingerprint density at radius 2 is 1.70 bits per heavy atom. The van der Waals surface area contributed by atoms with E-state index in [-0.39, 0.29) is 23.2 Å². The van der Waals surface area contributed by atoms with Gasteiger partial charge in [0.05, 0.1) is 0 Å². The monoisotopic (exact) mass is 309 g/mol. The van der Waals surface area contributed by atoms with E-state index in [9.17, 15) is 9.59 Å². The molecule has 0 saturated heterocycles. The number of nitrogens with one attached hydrogen (secondary N) is 2. The number of nitrogens with zero attached hydrogens (tertiary/aromatic N) is 1. The number of carbonyl (C=O) groups is 2. The molecule has 0 fully saturated rings. The molecule has 0 unspecified atom stereocenters. The van der Waals surface area contributed by atoms with Gasteiger partial charge in [-0.25, -0.2) is 4.98 Å². The molecule has 0 aliphatic carbocycles. The van der Waals surface area contributed by atoms with Gasteiger partial charge in [-0.3, -0.25) is 9.59 Å². The lowest BCUT2D eigenvalue weighted by Gasteiger charge is -2.08. The molecule has 1 aromatic heterocycles. The number of aromatic nitrogens is 1. The fraction of sp³-hybridized carbons (Fsp3) is 0.167. The number of hydrogen-bond acceptors (Lipinski definition) is 3. The Hall–Kier alpha value is -2.95. The molecule has 118 valence electrons. The Balaban J connectivity index is 2.16. The molecule has 0 atom stereocenters. The van der Waals surface area contributed by atoms with Gasteiger partial charge in [0.25, 0.3) is 11.8 Å². The van der Waals surface area contributed by atoms with Crippen molar-refractivity contribution in [2.75, 3.05) is 11.9 Å². The predicted octanol–water partition coefficient (Wildman–Crippen LogP) is 2.87. The van der Waals surface area contributed by atoms with E-state index in [4.69, 9.17) is 0 Å². The van der Waals surface area contributed by atoms with E-state index in [0.29, 0.717) is 12.2 Å². The number of amides is 2. The van der Waals surface area contributed by atoms with Crippen LogP contribution in [0.4, 0.5) is 5.69 Å². The Kier molecular flexibility index (Phi) is 5.25. The van der Waals surface area contributed by atoms with Crippen LogP contribution in [0.5, 0.6) is 0 Å². The summed E-state index contributed by atoms with van der Waals surface area (Å²) in [5.74, 6) is -0.695. The molecule has 0 bridgehead atoms. The third-order valence-corrected chi connectivity index (χ3v) is 3.10. The summed E-state index contributed by atoms with van der Waals surface area (Å²) in [6.07, 6.45) is 1.58. The van der Waals surface area contributed by atoms with Gasteiger partial charge in [0, 0.05) is 12.2 Å². The largest absolute Gasteiger partial charge is 0.347 e. The van der Waals surface area contributed by atoms with Gasteiger partial charge < -0.3 is 10.6 Å². The maximum atomic E-state index is 12.3. The number of hydrogen-bond donors (Lipinski definition) is 2. The molecule has 1 heterocycles. The quantitative estimate of drug-likeness (QED) is 0.834. The molecular weight excluding hydrogens is 290 g/mol. The zero-order valence-corrected chi connectivity index (χ0v) is 13.2. The van der Waals surface area contributed by atoms with Crippen molar-refractivity contribution < 1.29 is 9.59 Å². The summed E-state index contributed by atoms with van der Waals surface area (Å²) in [6.45, 7) is 7.81. The van der Waals surface area contributed by atoms with Crippen LogP contribution in [0.25, 0.3) is 0 Å². The minimum Gasteiger partial charge on any atom is -0.347 e. The number of aryl methyl sites for hydroxylation is 2. The van der Waals surface area contributed by atoms with Crippen LogP contribution in [-0.4, -0.2) is 23.3 Å². The third kappa shape index (κ3) is 4.51. The molecule has 0 radical (unpaired) electrons. The first-order valence-corrected chi connectivity index (χ1v) is 7.25. The highest BCUT2D eigenvalue weighted by atomic mass is 16.2. The summed E-state index contributed by atoms with van der Waals surface area (Å²) >= 11 is 0. The first-order valence-electron chi connectivity index (χ1n) is 7.25. The number of carbonyl (C=O) groups excluding carboxylic acids is 2. The predicted molar refractivity (Wildman–Crippen MR) is 90.6 cm³/mol. The smallest absolute Gasteiger partial charge is 0.274 e. The fourth-order valence-electron chi connectivity index (χ4n) is 2.19. The minimum atomic E-state index is -0.353. The zero-order chi connectivity index (χ0) is 16.8. The van der Waals surface area contributed by atoms with Crippen LogP contribution in [0.2, 0.25) is 0 Å². The van der Waals surface area contributed by atoms with E-state index in [2.05, 4.69) is 22.2 Å². The lowest BCUT2D eigenvalue weighted by atomic mass is 10.1. The molecule has 2 amide bonds. The van der Waals surface area contributed by atoms with Crippen LogP contribution in [0, 0.1) is 13.8 Å². The molecule has 1 aromatic carbocycles. The molecule has 0 saturated carbocycles. The van der Waals surface area contributed by atoms with Gasteiger partial charge in [-0.2, -0.15) is 0 Å². The van der Waals surface area contributed by atoms with Crippen LogP contribution in [0.3, 0.4) is 0 Å². The molecular formula is C18H19N3O2. The van der Waals surface area contributed by atoms with Crippen LogP contribution in [0.15, 0.2) is 49.1 Å². The fourth-order valence-corrected chi connectivity index (χ4v) is 2.19. The second-order valence-corrected chi connectivity index (χ2v) is 5.24. The standard InChI is InChI=1S/C18H19N3O2/c1-4-8-19-17(22)15-6-5-7-16(21-15)18(23)20-14-10-12(2)9-13(3)11-14/h4-7,9-11H,1,8H2,2-3H3,(H,19,22)(H,20,23). The second-order valence-electron chi connectivity index (χ2n) is 5.24. The maximum Gasteiger partial charge on any atom is 0.274 e. The van der Waals surface area contributed by atoms with Gasteiger partial charge >= 0.3 is 0 Å². The molecule has 0 aliphatic rings. The van der Waals surface area contributed by atoms with Crippen molar-refractivity contribution in [1.29, 1.82) is 0 Å². The van der Waals surface area contributed by atoms with Gasteiger partial charge in [0.15, 0.2) is 0 Å². The summed E-state index contributed by atoms with van der Waals surface area (Å²) in [7, 11) is 0. The number of pyridine rings is 1. The Labute approximate surface area is 135 Å². The molecule has 2 rings (SSSR count). The lowest BCUT2D eigenvalue weighted by Crippen LogP contribution is -2.25. The first-order chi connectivity index (χ1) is 11.0. The highest BCUT2D eigenvalue weighted by molar-refractivity contribution is 6.03. The summed E-state index contributed by atoms with van der Waals surface area (Å²) in [4.78, 5) is 28.3. The van der Waals surface area contributed by atoms with Crippen molar-refractivity contribution in [2.24, 2.45) is 0 Å². The van der Waals surface area contributed by atoms with E-state index in [0.717, 1.165) is 11.1 Å². The van der Waals surface area contributed by atoms with Gasteiger partial charge in [-0.1, -0.05) is 18.2 Å². The maximum absolute atomic E-state index is 12.3. The third-order valence-electron chi connectivity index (χ3n) is 3.10. The van der Waals surface area contributed by atoms with Gasteiger partial charge in [-0.15, -0.1) is 6.58 Å². The van der Waals surface area contributed by atoms with Crippen molar-refractivity contribution in [3.05, 3.63) is 71.6 Å². The van der Waals surface area contributed by atoms with Crippen LogP contribution in [-0.2, 0) is 0 Å². The summed E-state index contributed by atoms with van der Waals surface area (Å²) in [5, 5.41) is 5.43. The minimum absolute atomic E-state index is 0.190. The first kappa shape index (κ1) is 16.4. The summed E-state index contributed by atoms with van der Waals surface area (Å²) in [5.41, 5.74) is 3.21. The van der Waals surface area contributed by atoms with Crippen molar-refractivity contribution in [3.63, 3.8) is 0 Å². The van der Waals surface area contributed by atoms with E-state index < -0.39 is 0 Å². The molecule has 2 aromatic rings. The average molecular weight is 309 g/mol. The summed E-state index contributed by atoms with van der Waals surface area (Å²) in [6, 6.07) is 10.6. The van der Waals surface area contributed by atoms with Crippen molar-refractivity contribution in [1.82, 2.24) is 10.3 Å². The van der Waals surface area contributed by atoms with E-state index in [1.807, 2.05) is 32.0 Å². The summed E-state index contributed by atoms with van der Waals surface area (Å²) < 4.78 is 0.